The monoisotopic (exact) mass is 523 g/mol. The lowest BCUT2D eigenvalue weighted by Gasteiger charge is -2.34. The average molecular weight is 524 g/mol. The van der Waals surface area contributed by atoms with E-state index in [0.29, 0.717) is 36.0 Å². The van der Waals surface area contributed by atoms with Crippen molar-refractivity contribution in [2.24, 2.45) is 4.99 Å². The molecule has 0 spiro atoms. The Labute approximate surface area is 219 Å². The highest BCUT2D eigenvalue weighted by atomic mass is 19.1. The number of amidine groups is 1. The highest BCUT2D eigenvalue weighted by Crippen LogP contribution is 2.40. The number of alkyl halides is 1. The van der Waals surface area contributed by atoms with E-state index in [0.717, 1.165) is 18.4 Å². The molecule has 0 aromatic heterocycles. The molecule has 38 heavy (non-hydrogen) atoms. The number of piperidine rings is 1. The van der Waals surface area contributed by atoms with Crippen LogP contribution in [-0.2, 0) is 10.3 Å². The third-order valence-electron chi connectivity index (χ3n) is 7.56. The lowest BCUT2D eigenvalue weighted by atomic mass is 9.82. The number of carbonyl (C=O) groups is 1. The average Bonchev–Trinajstić information content (AvgIpc) is 3.16. The third-order valence-corrected chi connectivity index (χ3v) is 7.56. The molecule has 0 bridgehead atoms. The Morgan fingerprint density at radius 3 is 1.79 bits per heavy atom. The van der Waals surface area contributed by atoms with E-state index in [1.54, 1.807) is 6.92 Å². The van der Waals surface area contributed by atoms with Crippen LogP contribution in [0.4, 0.5) is 17.6 Å². The molecule has 4 nitrogen and oxygen atoms in total. The second-order valence-corrected chi connectivity index (χ2v) is 10.0. The van der Waals surface area contributed by atoms with Gasteiger partial charge in [-0.2, -0.15) is 0 Å². The molecule has 0 N–H and O–H groups in total. The van der Waals surface area contributed by atoms with Gasteiger partial charge in [-0.1, -0.05) is 36.4 Å². The molecule has 5 rings (SSSR count). The van der Waals surface area contributed by atoms with Crippen LogP contribution in [0.1, 0.15) is 42.4 Å². The highest BCUT2D eigenvalue weighted by Gasteiger charge is 2.50. The number of hydrogen-bond donors (Lipinski definition) is 0. The van der Waals surface area contributed by atoms with Crippen LogP contribution in [0.25, 0.3) is 0 Å². The molecule has 2 aliphatic heterocycles. The maximum Gasteiger partial charge on any atom is 0.265 e. The molecule has 3 aromatic rings. The van der Waals surface area contributed by atoms with Crippen molar-refractivity contribution >= 4 is 11.7 Å². The van der Waals surface area contributed by atoms with Gasteiger partial charge < -0.3 is 4.90 Å². The van der Waals surface area contributed by atoms with Gasteiger partial charge in [0, 0.05) is 6.54 Å². The Hall–Kier alpha value is -3.52. The van der Waals surface area contributed by atoms with Crippen LogP contribution in [-0.4, -0.2) is 53.9 Å². The zero-order valence-corrected chi connectivity index (χ0v) is 21.1. The van der Waals surface area contributed by atoms with E-state index >= 15 is 4.39 Å². The number of likely N-dealkylation sites (tertiary alicyclic amines) is 1. The Bertz CT molecular complexity index is 1260. The molecule has 1 saturated heterocycles. The van der Waals surface area contributed by atoms with Crippen LogP contribution in [0.5, 0.6) is 0 Å². The molecule has 3 aromatic carbocycles. The Balaban J connectivity index is 1.28. The van der Waals surface area contributed by atoms with Crippen molar-refractivity contribution in [1.29, 1.82) is 0 Å². The zero-order chi connectivity index (χ0) is 26.9. The minimum Gasteiger partial charge on any atom is -0.300 e. The van der Waals surface area contributed by atoms with Crippen LogP contribution in [0.3, 0.4) is 0 Å². The molecule has 0 radical (unpaired) electrons. The Morgan fingerprint density at radius 2 is 1.29 bits per heavy atom. The maximum absolute atomic E-state index is 15.4. The van der Waals surface area contributed by atoms with Crippen LogP contribution >= 0.6 is 0 Å². The van der Waals surface area contributed by atoms with Gasteiger partial charge >= 0.3 is 0 Å². The van der Waals surface area contributed by atoms with Crippen LogP contribution in [0.2, 0.25) is 0 Å². The molecule has 198 valence electrons. The van der Waals surface area contributed by atoms with E-state index < -0.39 is 29.3 Å². The minimum atomic E-state index is -1.54. The summed E-state index contributed by atoms with van der Waals surface area (Å²) < 4.78 is 56.0. The fourth-order valence-electron chi connectivity index (χ4n) is 5.55. The van der Waals surface area contributed by atoms with Gasteiger partial charge in [-0.3, -0.25) is 9.69 Å². The number of aliphatic imine (C=N–C) groups is 1. The predicted molar refractivity (Wildman–Crippen MR) is 138 cm³/mol. The van der Waals surface area contributed by atoms with Crippen LogP contribution < -0.4 is 0 Å². The molecule has 2 aliphatic rings. The maximum atomic E-state index is 15.4. The van der Waals surface area contributed by atoms with E-state index in [-0.39, 0.29) is 18.9 Å². The van der Waals surface area contributed by atoms with Gasteiger partial charge in [0.15, 0.2) is 5.54 Å². The lowest BCUT2D eigenvalue weighted by Crippen LogP contribution is -2.46. The number of rotatable bonds is 7. The largest absolute Gasteiger partial charge is 0.300 e. The van der Waals surface area contributed by atoms with Gasteiger partial charge in [0.2, 0.25) is 0 Å². The molecule has 1 fully saturated rings. The number of hydrogen-bond acceptors (Lipinski definition) is 3. The normalized spacial score (nSPS) is 19.0. The molecule has 1 amide bonds. The van der Waals surface area contributed by atoms with Crippen molar-refractivity contribution in [1.82, 2.24) is 9.80 Å². The standard InChI is InChI=1S/C30H29F4N3O/c1-20-35-30(23-4-10-26(32)11-5-23,24-6-12-27(33)13-7-24)29(38)37(20)19-28(34)18-36-16-14-22(15-17-36)21-2-8-25(31)9-3-21/h2-13,22,28H,14-19H2,1H3. The first-order chi connectivity index (χ1) is 18.3. The number of carbonyl (C=O) groups excluding carboxylic acids is 1. The van der Waals surface area contributed by atoms with Gasteiger partial charge in [0.05, 0.1) is 6.54 Å². The van der Waals surface area contributed by atoms with E-state index in [4.69, 9.17) is 0 Å². The summed E-state index contributed by atoms with van der Waals surface area (Å²) in [5.41, 5.74) is 0.403. The van der Waals surface area contributed by atoms with Crippen molar-refractivity contribution < 1.29 is 22.4 Å². The summed E-state index contributed by atoms with van der Waals surface area (Å²) in [7, 11) is 0. The van der Waals surface area contributed by atoms with Gasteiger partial charge in [0.1, 0.15) is 29.5 Å². The second-order valence-electron chi connectivity index (χ2n) is 10.0. The van der Waals surface area contributed by atoms with Crippen molar-refractivity contribution in [2.45, 2.75) is 37.4 Å². The quantitative estimate of drug-likeness (QED) is 0.366. The number of halogens is 4. The molecular formula is C30H29F4N3O. The van der Waals surface area contributed by atoms with Gasteiger partial charge in [-0.15, -0.1) is 0 Å². The van der Waals surface area contributed by atoms with Crippen molar-refractivity contribution in [3.63, 3.8) is 0 Å². The summed E-state index contributed by atoms with van der Waals surface area (Å²) in [4.78, 5) is 21.9. The molecular weight excluding hydrogens is 494 g/mol. The van der Waals surface area contributed by atoms with Crippen molar-refractivity contribution in [3.05, 3.63) is 107 Å². The third kappa shape index (κ3) is 5.10. The van der Waals surface area contributed by atoms with E-state index in [1.807, 2.05) is 17.0 Å². The summed E-state index contributed by atoms with van der Waals surface area (Å²) in [5.74, 6) is -0.973. The fraction of sp³-hybridized carbons (Fsp3) is 0.333. The van der Waals surface area contributed by atoms with Crippen molar-refractivity contribution in [2.75, 3.05) is 26.2 Å². The smallest absolute Gasteiger partial charge is 0.265 e. The van der Waals surface area contributed by atoms with Crippen LogP contribution in [0, 0.1) is 17.5 Å². The molecule has 1 unspecified atom stereocenters. The Kier molecular flexibility index (Phi) is 7.34. The molecule has 8 heteroatoms. The number of nitrogens with zero attached hydrogens (tertiary/aromatic N) is 3. The SMILES string of the molecule is CC1=NC(c2ccc(F)cc2)(c2ccc(F)cc2)C(=O)N1CC(F)CN1CCC(c2ccc(F)cc2)CC1. The van der Waals surface area contributed by atoms with E-state index in [2.05, 4.69) is 4.99 Å². The number of amides is 1. The summed E-state index contributed by atoms with van der Waals surface area (Å²) in [5, 5.41) is 0. The van der Waals surface area contributed by atoms with Crippen LogP contribution in [0.15, 0.2) is 77.8 Å². The first kappa shape index (κ1) is 26.1. The molecule has 2 heterocycles. The topological polar surface area (TPSA) is 35.9 Å². The second kappa shape index (κ2) is 10.7. The Morgan fingerprint density at radius 1 is 0.816 bits per heavy atom. The summed E-state index contributed by atoms with van der Waals surface area (Å²) >= 11 is 0. The highest BCUT2D eigenvalue weighted by molar-refractivity contribution is 6.09. The minimum absolute atomic E-state index is 0.170. The van der Waals surface area contributed by atoms with E-state index in [1.165, 1.54) is 65.6 Å². The van der Waals surface area contributed by atoms with E-state index in [9.17, 15) is 18.0 Å². The van der Waals surface area contributed by atoms with Gasteiger partial charge in [-0.25, -0.2) is 22.6 Å². The zero-order valence-electron chi connectivity index (χ0n) is 21.1. The molecule has 0 saturated carbocycles. The first-order valence-electron chi connectivity index (χ1n) is 12.8. The molecule has 0 aliphatic carbocycles. The van der Waals surface area contributed by atoms with Gasteiger partial charge in [-0.05, 0) is 91.9 Å². The lowest BCUT2D eigenvalue weighted by molar-refractivity contribution is -0.130. The predicted octanol–water partition coefficient (Wildman–Crippen LogP) is 5.83. The summed E-state index contributed by atoms with van der Waals surface area (Å²) in [6.45, 7) is 3.06. The first-order valence-corrected chi connectivity index (χ1v) is 12.8. The van der Waals surface area contributed by atoms with Crippen molar-refractivity contribution in [3.8, 4) is 0 Å². The summed E-state index contributed by atoms with van der Waals surface area (Å²) in [6.07, 6.45) is 0.378. The van der Waals surface area contributed by atoms with Gasteiger partial charge in [0.25, 0.3) is 5.91 Å². The fourth-order valence-corrected chi connectivity index (χ4v) is 5.55. The molecule has 1 atom stereocenters. The number of benzene rings is 3. The summed E-state index contributed by atoms with van der Waals surface area (Å²) in [6, 6.07) is 17.5.